The highest BCUT2D eigenvalue weighted by molar-refractivity contribution is 5.27. The topological polar surface area (TPSA) is 29.3 Å². The van der Waals surface area contributed by atoms with Crippen LogP contribution in [0.1, 0.15) is 50.3 Å². The highest BCUT2D eigenvalue weighted by Crippen LogP contribution is 2.25. The third-order valence-electron chi connectivity index (χ3n) is 3.23. The lowest BCUT2D eigenvalue weighted by Gasteiger charge is -2.31. The van der Waals surface area contributed by atoms with Crippen molar-refractivity contribution in [2.24, 2.45) is 5.73 Å². The van der Waals surface area contributed by atoms with Crippen molar-refractivity contribution in [2.45, 2.75) is 39.2 Å². The molecule has 0 radical (unpaired) electrons. The van der Waals surface area contributed by atoms with Gasteiger partial charge in [-0.2, -0.15) is 0 Å². The van der Waals surface area contributed by atoms with Crippen molar-refractivity contribution in [3.05, 3.63) is 35.4 Å². The van der Waals surface area contributed by atoms with Crippen molar-refractivity contribution in [3.8, 4) is 0 Å². The van der Waals surface area contributed by atoms with Crippen molar-refractivity contribution in [2.75, 3.05) is 19.6 Å². The Hall–Kier alpha value is -1.00. The molecule has 4 heteroatoms. The Morgan fingerprint density at radius 3 is 2.16 bits per heavy atom. The zero-order valence-corrected chi connectivity index (χ0v) is 11.8. The Kier molecular flexibility index (Phi) is 6.95. The third kappa shape index (κ3) is 4.55. The summed E-state index contributed by atoms with van der Waals surface area (Å²) in [5.74, 6) is 0. The zero-order chi connectivity index (χ0) is 14.3. The molecular weight excluding hydrogens is 246 g/mol. The lowest BCUT2D eigenvalue weighted by atomic mass is 10.0. The average molecular weight is 270 g/mol. The molecule has 1 aromatic rings. The average Bonchev–Trinajstić information content (AvgIpc) is 2.40. The van der Waals surface area contributed by atoms with Gasteiger partial charge < -0.3 is 5.73 Å². The van der Waals surface area contributed by atoms with E-state index in [1.165, 1.54) is 6.07 Å². The third-order valence-corrected chi connectivity index (χ3v) is 3.23. The highest BCUT2D eigenvalue weighted by atomic mass is 19.3. The molecule has 0 aromatic heterocycles. The van der Waals surface area contributed by atoms with Crippen LogP contribution in [-0.2, 0) is 0 Å². The first-order chi connectivity index (χ1) is 9.13. The SMILES string of the molecule is CCCN(CCC)C(CN)c1cccc(C(F)F)c1. The van der Waals surface area contributed by atoms with Gasteiger partial charge in [0.05, 0.1) is 0 Å². The van der Waals surface area contributed by atoms with Crippen LogP contribution in [0.2, 0.25) is 0 Å². The van der Waals surface area contributed by atoms with Crippen LogP contribution in [0, 0.1) is 0 Å². The summed E-state index contributed by atoms with van der Waals surface area (Å²) in [6, 6.07) is 6.65. The predicted molar refractivity (Wildman–Crippen MR) is 75.3 cm³/mol. The molecule has 0 aliphatic carbocycles. The molecule has 2 N–H and O–H groups in total. The maximum atomic E-state index is 12.8. The summed E-state index contributed by atoms with van der Waals surface area (Å²) in [6.45, 7) is 6.56. The van der Waals surface area contributed by atoms with E-state index in [4.69, 9.17) is 5.73 Å². The molecule has 2 nitrogen and oxygen atoms in total. The molecule has 0 aliphatic rings. The Bertz CT molecular complexity index is 363. The zero-order valence-electron chi connectivity index (χ0n) is 11.8. The molecule has 1 atom stereocenters. The van der Waals surface area contributed by atoms with Gasteiger partial charge in [0.1, 0.15) is 0 Å². The van der Waals surface area contributed by atoms with Gasteiger partial charge in [-0.25, -0.2) is 8.78 Å². The number of benzene rings is 1. The second kappa shape index (κ2) is 8.23. The smallest absolute Gasteiger partial charge is 0.263 e. The summed E-state index contributed by atoms with van der Waals surface area (Å²) < 4.78 is 25.5. The fourth-order valence-corrected chi connectivity index (χ4v) is 2.40. The molecule has 0 amide bonds. The molecule has 1 aromatic carbocycles. The Morgan fingerprint density at radius 1 is 1.11 bits per heavy atom. The van der Waals surface area contributed by atoms with E-state index in [-0.39, 0.29) is 11.6 Å². The highest BCUT2D eigenvalue weighted by Gasteiger charge is 2.19. The summed E-state index contributed by atoms with van der Waals surface area (Å²) in [7, 11) is 0. The molecule has 1 unspecified atom stereocenters. The molecule has 1 rings (SSSR count). The number of nitrogens with two attached hydrogens (primary N) is 1. The van der Waals surface area contributed by atoms with E-state index in [0.717, 1.165) is 31.5 Å². The second-order valence-corrected chi connectivity index (χ2v) is 4.76. The van der Waals surface area contributed by atoms with Crippen molar-refractivity contribution in [3.63, 3.8) is 0 Å². The number of halogens is 2. The van der Waals surface area contributed by atoms with Crippen LogP contribution in [0.4, 0.5) is 8.78 Å². The number of rotatable bonds is 8. The van der Waals surface area contributed by atoms with Gasteiger partial charge in [0, 0.05) is 18.2 Å². The maximum absolute atomic E-state index is 12.8. The molecule has 0 fully saturated rings. The molecule has 0 saturated heterocycles. The largest absolute Gasteiger partial charge is 0.329 e. The van der Waals surface area contributed by atoms with Gasteiger partial charge >= 0.3 is 0 Å². The Labute approximate surface area is 114 Å². The van der Waals surface area contributed by atoms with Crippen molar-refractivity contribution < 1.29 is 8.78 Å². The van der Waals surface area contributed by atoms with E-state index < -0.39 is 6.43 Å². The maximum Gasteiger partial charge on any atom is 0.263 e. The number of alkyl halides is 2. The van der Waals surface area contributed by atoms with Crippen LogP contribution in [0.25, 0.3) is 0 Å². The van der Waals surface area contributed by atoms with Gasteiger partial charge in [-0.3, -0.25) is 4.90 Å². The summed E-state index contributed by atoms with van der Waals surface area (Å²) in [5, 5.41) is 0. The summed E-state index contributed by atoms with van der Waals surface area (Å²) in [5.41, 5.74) is 6.83. The molecule has 0 heterocycles. The van der Waals surface area contributed by atoms with Gasteiger partial charge in [-0.05, 0) is 37.6 Å². The molecule has 0 saturated carbocycles. The van der Waals surface area contributed by atoms with E-state index >= 15 is 0 Å². The minimum Gasteiger partial charge on any atom is -0.329 e. The van der Waals surface area contributed by atoms with Gasteiger partial charge in [0.2, 0.25) is 0 Å². The van der Waals surface area contributed by atoms with Crippen LogP contribution in [0.5, 0.6) is 0 Å². The summed E-state index contributed by atoms with van der Waals surface area (Å²) in [6.07, 6.45) is -0.361. The predicted octanol–water partition coefficient (Wildman–Crippen LogP) is 3.75. The fourth-order valence-electron chi connectivity index (χ4n) is 2.40. The Morgan fingerprint density at radius 2 is 1.68 bits per heavy atom. The van der Waals surface area contributed by atoms with Gasteiger partial charge in [0.15, 0.2) is 0 Å². The van der Waals surface area contributed by atoms with Crippen LogP contribution in [0.15, 0.2) is 24.3 Å². The minimum atomic E-state index is -2.43. The van der Waals surface area contributed by atoms with Crippen LogP contribution < -0.4 is 5.73 Å². The van der Waals surface area contributed by atoms with E-state index in [1.54, 1.807) is 12.1 Å². The second-order valence-electron chi connectivity index (χ2n) is 4.76. The van der Waals surface area contributed by atoms with Crippen molar-refractivity contribution in [1.29, 1.82) is 0 Å². The monoisotopic (exact) mass is 270 g/mol. The summed E-state index contributed by atoms with van der Waals surface area (Å²) >= 11 is 0. The number of hydrogen-bond acceptors (Lipinski definition) is 2. The first-order valence-corrected chi connectivity index (χ1v) is 6.96. The van der Waals surface area contributed by atoms with E-state index in [9.17, 15) is 8.78 Å². The van der Waals surface area contributed by atoms with Crippen LogP contribution in [-0.4, -0.2) is 24.5 Å². The first-order valence-electron chi connectivity index (χ1n) is 6.96. The normalized spacial score (nSPS) is 13.2. The lowest BCUT2D eigenvalue weighted by molar-refractivity contribution is 0.150. The van der Waals surface area contributed by atoms with E-state index in [0.29, 0.717) is 6.54 Å². The van der Waals surface area contributed by atoms with Gasteiger partial charge in [-0.1, -0.05) is 32.0 Å². The molecule has 0 spiro atoms. The van der Waals surface area contributed by atoms with Crippen molar-refractivity contribution >= 4 is 0 Å². The van der Waals surface area contributed by atoms with Crippen molar-refractivity contribution in [1.82, 2.24) is 4.90 Å². The Balaban J connectivity index is 2.96. The lowest BCUT2D eigenvalue weighted by Crippen LogP contribution is -2.35. The van der Waals surface area contributed by atoms with E-state index in [2.05, 4.69) is 18.7 Å². The molecule has 0 bridgehead atoms. The molecule has 108 valence electrons. The number of hydrogen-bond donors (Lipinski definition) is 1. The van der Waals surface area contributed by atoms with Crippen LogP contribution >= 0.6 is 0 Å². The fraction of sp³-hybridized carbons (Fsp3) is 0.600. The molecular formula is C15H24F2N2. The van der Waals surface area contributed by atoms with Gasteiger partial charge in [-0.15, -0.1) is 0 Å². The minimum absolute atomic E-state index is 0.0265. The van der Waals surface area contributed by atoms with E-state index in [1.807, 2.05) is 6.07 Å². The van der Waals surface area contributed by atoms with Crippen LogP contribution in [0.3, 0.4) is 0 Å². The molecule has 19 heavy (non-hydrogen) atoms. The first kappa shape index (κ1) is 16.1. The standard InChI is InChI=1S/C15H24F2N2/c1-3-8-19(9-4-2)14(11-18)12-6-5-7-13(10-12)15(16)17/h5-7,10,14-15H,3-4,8-9,11,18H2,1-2H3. The summed E-state index contributed by atoms with van der Waals surface area (Å²) in [4.78, 5) is 2.28. The quantitative estimate of drug-likeness (QED) is 0.779. The molecule has 0 aliphatic heterocycles. The van der Waals surface area contributed by atoms with Gasteiger partial charge in [0.25, 0.3) is 6.43 Å². The number of nitrogens with zero attached hydrogens (tertiary/aromatic N) is 1.